The highest BCUT2D eigenvalue weighted by atomic mass is 14.9. The van der Waals surface area contributed by atoms with Gasteiger partial charge in [-0.25, -0.2) is 0 Å². The zero-order valence-corrected chi connectivity index (χ0v) is 13.6. The van der Waals surface area contributed by atoms with Crippen LogP contribution in [0.2, 0.25) is 0 Å². The van der Waals surface area contributed by atoms with E-state index in [-0.39, 0.29) is 0 Å². The van der Waals surface area contributed by atoms with Crippen LogP contribution >= 0.6 is 0 Å². The fraction of sp³-hybridized carbons (Fsp3) is 0.667. The number of nitrogens with one attached hydrogen (secondary N) is 1. The first-order valence-electron chi connectivity index (χ1n) is 7.83. The summed E-state index contributed by atoms with van der Waals surface area (Å²) in [5.74, 6) is 1.92. The second-order valence-corrected chi connectivity index (χ2v) is 6.43. The van der Waals surface area contributed by atoms with Crippen LogP contribution in [-0.4, -0.2) is 6.54 Å². The van der Waals surface area contributed by atoms with Gasteiger partial charge in [0.25, 0.3) is 0 Å². The Kier molecular flexibility index (Phi) is 6.41. The number of rotatable bonds is 7. The lowest BCUT2D eigenvalue weighted by Gasteiger charge is -2.19. The van der Waals surface area contributed by atoms with Crippen molar-refractivity contribution in [1.29, 1.82) is 0 Å². The molecule has 0 amide bonds. The van der Waals surface area contributed by atoms with Gasteiger partial charge < -0.3 is 5.32 Å². The molecule has 0 fully saturated rings. The van der Waals surface area contributed by atoms with Crippen molar-refractivity contribution in [2.24, 2.45) is 5.92 Å². The van der Waals surface area contributed by atoms with Crippen molar-refractivity contribution in [2.75, 3.05) is 11.9 Å². The van der Waals surface area contributed by atoms with Gasteiger partial charge in [-0.2, -0.15) is 0 Å². The Labute approximate surface area is 119 Å². The molecular formula is C18H31N. The van der Waals surface area contributed by atoms with Gasteiger partial charge in [0, 0.05) is 12.2 Å². The van der Waals surface area contributed by atoms with Crippen molar-refractivity contribution in [3.05, 3.63) is 29.3 Å². The first-order chi connectivity index (χ1) is 8.95. The molecule has 1 nitrogen and oxygen atoms in total. The topological polar surface area (TPSA) is 12.0 Å². The highest BCUT2D eigenvalue weighted by Gasteiger charge is 2.10. The van der Waals surface area contributed by atoms with Gasteiger partial charge in [-0.3, -0.25) is 0 Å². The van der Waals surface area contributed by atoms with E-state index in [1.807, 2.05) is 0 Å². The van der Waals surface area contributed by atoms with E-state index in [0.717, 1.165) is 12.5 Å². The minimum Gasteiger partial charge on any atom is -0.385 e. The molecule has 0 aliphatic carbocycles. The van der Waals surface area contributed by atoms with Crippen LogP contribution in [0.3, 0.4) is 0 Å². The average Bonchev–Trinajstić information content (AvgIpc) is 2.36. The van der Waals surface area contributed by atoms with Gasteiger partial charge >= 0.3 is 0 Å². The van der Waals surface area contributed by atoms with Gasteiger partial charge in [0.15, 0.2) is 0 Å². The molecule has 0 heterocycles. The highest BCUT2D eigenvalue weighted by Crippen LogP contribution is 2.28. The summed E-state index contributed by atoms with van der Waals surface area (Å²) in [6, 6.07) is 6.91. The summed E-state index contributed by atoms with van der Waals surface area (Å²) < 4.78 is 0. The zero-order chi connectivity index (χ0) is 14.4. The van der Waals surface area contributed by atoms with Crippen molar-refractivity contribution in [3.8, 4) is 0 Å². The molecule has 0 saturated carbocycles. The lowest BCUT2D eigenvalue weighted by atomic mass is 9.94. The quantitative estimate of drug-likeness (QED) is 0.656. The lowest BCUT2D eigenvalue weighted by molar-refractivity contribution is 0.550. The first kappa shape index (κ1) is 16.1. The SMILES string of the molecule is CCCC(C)CNc1ccc(C(C)C)cc1C(C)C. The molecule has 0 bridgehead atoms. The minimum atomic E-state index is 0.572. The molecule has 1 rings (SSSR count). The lowest BCUT2D eigenvalue weighted by Crippen LogP contribution is -2.13. The summed E-state index contributed by atoms with van der Waals surface area (Å²) in [5.41, 5.74) is 4.22. The smallest absolute Gasteiger partial charge is 0.0375 e. The average molecular weight is 261 g/mol. The summed E-state index contributed by atoms with van der Waals surface area (Å²) >= 11 is 0. The second kappa shape index (κ2) is 7.57. The summed E-state index contributed by atoms with van der Waals surface area (Å²) in [6.07, 6.45) is 2.57. The zero-order valence-electron chi connectivity index (χ0n) is 13.6. The standard InChI is InChI=1S/C18H31N/c1-7-8-15(6)12-19-18-10-9-16(13(2)3)11-17(18)14(4)5/h9-11,13-15,19H,7-8,12H2,1-6H3. The maximum Gasteiger partial charge on any atom is 0.0375 e. The number of hydrogen-bond acceptors (Lipinski definition) is 1. The minimum absolute atomic E-state index is 0.572. The Morgan fingerprint density at radius 3 is 2.21 bits per heavy atom. The molecule has 1 aromatic carbocycles. The summed E-state index contributed by atoms with van der Waals surface area (Å²) in [7, 11) is 0. The second-order valence-electron chi connectivity index (χ2n) is 6.43. The normalized spacial score (nSPS) is 13.1. The van der Waals surface area contributed by atoms with Crippen molar-refractivity contribution < 1.29 is 0 Å². The van der Waals surface area contributed by atoms with E-state index < -0.39 is 0 Å². The molecule has 0 spiro atoms. The predicted molar refractivity (Wildman–Crippen MR) is 87.2 cm³/mol. The summed E-state index contributed by atoms with van der Waals surface area (Å²) in [4.78, 5) is 0. The summed E-state index contributed by atoms with van der Waals surface area (Å²) in [5, 5.41) is 3.65. The van der Waals surface area contributed by atoms with E-state index in [4.69, 9.17) is 0 Å². The molecule has 1 N–H and O–H groups in total. The molecule has 0 aliphatic heterocycles. The van der Waals surface area contributed by atoms with Gasteiger partial charge in [0.05, 0.1) is 0 Å². The van der Waals surface area contributed by atoms with E-state index in [1.54, 1.807) is 0 Å². The maximum absolute atomic E-state index is 3.65. The Morgan fingerprint density at radius 1 is 1.00 bits per heavy atom. The van der Waals surface area contributed by atoms with Crippen LogP contribution in [0.5, 0.6) is 0 Å². The molecular weight excluding hydrogens is 230 g/mol. The fourth-order valence-electron chi connectivity index (χ4n) is 2.46. The van der Waals surface area contributed by atoms with Crippen LogP contribution in [0.4, 0.5) is 5.69 Å². The Morgan fingerprint density at radius 2 is 1.68 bits per heavy atom. The van der Waals surface area contributed by atoms with Gasteiger partial charge in [-0.1, -0.05) is 60.1 Å². The van der Waals surface area contributed by atoms with Crippen LogP contribution in [-0.2, 0) is 0 Å². The third-order valence-electron chi connectivity index (χ3n) is 3.79. The molecule has 0 saturated heterocycles. The van der Waals surface area contributed by atoms with Gasteiger partial charge in [0.2, 0.25) is 0 Å². The molecule has 0 aliphatic rings. The predicted octanol–water partition coefficient (Wildman–Crippen LogP) is 5.78. The molecule has 19 heavy (non-hydrogen) atoms. The van der Waals surface area contributed by atoms with E-state index in [0.29, 0.717) is 11.8 Å². The molecule has 1 unspecified atom stereocenters. The van der Waals surface area contributed by atoms with Crippen LogP contribution in [0.25, 0.3) is 0 Å². The highest BCUT2D eigenvalue weighted by molar-refractivity contribution is 5.54. The maximum atomic E-state index is 3.65. The molecule has 0 radical (unpaired) electrons. The van der Waals surface area contributed by atoms with Crippen LogP contribution in [0.15, 0.2) is 18.2 Å². The molecule has 0 aromatic heterocycles. The number of hydrogen-bond donors (Lipinski definition) is 1. The van der Waals surface area contributed by atoms with Crippen molar-refractivity contribution in [3.63, 3.8) is 0 Å². The molecule has 1 atom stereocenters. The van der Waals surface area contributed by atoms with Crippen molar-refractivity contribution in [2.45, 2.75) is 66.2 Å². The van der Waals surface area contributed by atoms with Gasteiger partial charge in [-0.05, 0) is 41.4 Å². The van der Waals surface area contributed by atoms with E-state index in [2.05, 4.69) is 65.1 Å². The van der Waals surface area contributed by atoms with E-state index >= 15 is 0 Å². The van der Waals surface area contributed by atoms with Crippen LogP contribution in [0.1, 0.15) is 77.3 Å². The largest absolute Gasteiger partial charge is 0.385 e. The van der Waals surface area contributed by atoms with Crippen molar-refractivity contribution in [1.82, 2.24) is 0 Å². The van der Waals surface area contributed by atoms with E-state index in [1.165, 1.54) is 29.7 Å². The van der Waals surface area contributed by atoms with Gasteiger partial charge in [0.1, 0.15) is 0 Å². The third kappa shape index (κ3) is 4.89. The monoisotopic (exact) mass is 261 g/mol. The van der Waals surface area contributed by atoms with E-state index in [9.17, 15) is 0 Å². The first-order valence-corrected chi connectivity index (χ1v) is 7.83. The molecule has 108 valence electrons. The molecule has 1 aromatic rings. The van der Waals surface area contributed by atoms with Crippen LogP contribution in [0, 0.1) is 5.92 Å². The third-order valence-corrected chi connectivity index (χ3v) is 3.79. The fourth-order valence-corrected chi connectivity index (χ4v) is 2.46. The number of anilines is 1. The van der Waals surface area contributed by atoms with Crippen LogP contribution < -0.4 is 5.32 Å². The number of benzene rings is 1. The summed E-state index contributed by atoms with van der Waals surface area (Å²) in [6.45, 7) is 14.7. The van der Waals surface area contributed by atoms with Gasteiger partial charge in [-0.15, -0.1) is 0 Å². The van der Waals surface area contributed by atoms with Crippen molar-refractivity contribution >= 4 is 5.69 Å². The Hall–Kier alpha value is -0.980. The Bertz CT molecular complexity index is 379. The Balaban J connectivity index is 2.82. The molecule has 1 heteroatoms.